The molecule has 10 heavy (non-hydrogen) atoms. The zero-order valence-corrected chi connectivity index (χ0v) is 6.37. The fourth-order valence-corrected chi connectivity index (χ4v) is 1.44. The summed E-state index contributed by atoms with van der Waals surface area (Å²) in [5.74, 6) is 0. The van der Waals surface area contributed by atoms with E-state index >= 15 is 0 Å². The van der Waals surface area contributed by atoms with Crippen LogP contribution >= 0.6 is 0 Å². The Morgan fingerprint density at radius 2 is 2.10 bits per heavy atom. The summed E-state index contributed by atoms with van der Waals surface area (Å²) in [7, 11) is 0. The van der Waals surface area contributed by atoms with E-state index in [2.05, 4.69) is 0 Å². The molecule has 3 heteroatoms. The molecule has 60 valence electrons. The Morgan fingerprint density at radius 1 is 1.50 bits per heavy atom. The molecule has 0 aromatic heterocycles. The van der Waals surface area contributed by atoms with Crippen molar-refractivity contribution in [2.45, 2.75) is 44.7 Å². The molecular weight excluding hydrogens is 132 g/mol. The summed E-state index contributed by atoms with van der Waals surface area (Å²) in [6, 6.07) is 0. The Hall–Kier alpha value is -0.120. The second-order valence-corrected chi connectivity index (χ2v) is 3.31. The van der Waals surface area contributed by atoms with Crippen LogP contribution in [0.2, 0.25) is 0 Å². The van der Waals surface area contributed by atoms with Gasteiger partial charge in [-0.2, -0.15) is 0 Å². The van der Waals surface area contributed by atoms with Crippen LogP contribution in [0.15, 0.2) is 0 Å². The van der Waals surface area contributed by atoms with Crippen molar-refractivity contribution < 1.29 is 14.9 Å². The minimum atomic E-state index is -0.793. The summed E-state index contributed by atoms with van der Waals surface area (Å²) in [5.41, 5.74) is -0.753. The zero-order valence-electron chi connectivity index (χ0n) is 6.37. The molecule has 1 heterocycles. The van der Waals surface area contributed by atoms with Crippen LogP contribution in [0.25, 0.3) is 0 Å². The van der Waals surface area contributed by atoms with Crippen molar-refractivity contribution in [1.82, 2.24) is 0 Å². The van der Waals surface area contributed by atoms with Gasteiger partial charge in [0.25, 0.3) is 0 Å². The van der Waals surface area contributed by atoms with Crippen molar-refractivity contribution in [2.75, 3.05) is 0 Å². The third kappa shape index (κ3) is 1.94. The Balaban J connectivity index is 2.51. The standard InChI is InChI=1S/C7H14O3/c1-5-3-7(2,9)4-6(8)10-5/h5-6,8-9H,3-4H2,1-2H3/t5-,6+,7-/m0/s1. The van der Waals surface area contributed by atoms with Crippen molar-refractivity contribution in [3.63, 3.8) is 0 Å². The van der Waals surface area contributed by atoms with Crippen molar-refractivity contribution in [3.05, 3.63) is 0 Å². The third-order valence-corrected chi connectivity index (χ3v) is 1.73. The van der Waals surface area contributed by atoms with Gasteiger partial charge in [0.15, 0.2) is 6.29 Å². The Morgan fingerprint density at radius 3 is 2.50 bits per heavy atom. The molecule has 0 radical (unpaired) electrons. The van der Waals surface area contributed by atoms with Crippen LogP contribution in [0, 0.1) is 0 Å². The first kappa shape index (κ1) is 7.98. The first-order chi connectivity index (χ1) is 4.49. The SMILES string of the molecule is C[C@H]1C[C@](C)(O)C[C@H](O)O1. The molecule has 0 spiro atoms. The Kier molecular flexibility index (Phi) is 1.99. The van der Waals surface area contributed by atoms with Gasteiger partial charge in [0.05, 0.1) is 11.7 Å². The molecular formula is C7H14O3. The molecule has 0 aliphatic carbocycles. The molecule has 1 fully saturated rings. The van der Waals surface area contributed by atoms with Gasteiger partial charge in [0.2, 0.25) is 0 Å². The van der Waals surface area contributed by atoms with E-state index in [4.69, 9.17) is 9.84 Å². The largest absolute Gasteiger partial charge is 0.390 e. The van der Waals surface area contributed by atoms with E-state index in [9.17, 15) is 5.11 Å². The maximum atomic E-state index is 9.48. The molecule has 3 nitrogen and oxygen atoms in total. The smallest absolute Gasteiger partial charge is 0.157 e. The maximum absolute atomic E-state index is 9.48. The summed E-state index contributed by atoms with van der Waals surface area (Å²) in [4.78, 5) is 0. The molecule has 0 amide bonds. The molecule has 0 unspecified atom stereocenters. The molecule has 1 rings (SSSR count). The van der Waals surface area contributed by atoms with E-state index in [0.717, 1.165) is 0 Å². The van der Waals surface area contributed by atoms with Gasteiger partial charge in [-0.15, -0.1) is 0 Å². The second-order valence-electron chi connectivity index (χ2n) is 3.31. The molecule has 1 saturated heterocycles. The quantitative estimate of drug-likeness (QED) is 0.515. The molecule has 0 aromatic carbocycles. The first-order valence-electron chi connectivity index (χ1n) is 3.55. The van der Waals surface area contributed by atoms with Crippen molar-refractivity contribution in [3.8, 4) is 0 Å². The fraction of sp³-hybridized carbons (Fsp3) is 1.00. The van der Waals surface area contributed by atoms with Crippen molar-refractivity contribution >= 4 is 0 Å². The van der Waals surface area contributed by atoms with Crippen LogP contribution in [-0.4, -0.2) is 28.2 Å². The summed E-state index contributed by atoms with van der Waals surface area (Å²) >= 11 is 0. The summed E-state index contributed by atoms with van der Waals surface area (Å²) in [6.45, 7) is 3.56. The number of ether oxygens (including phenoxy) is 1. The van der Waals surface area contributed by atoms with Gasteiger partial charge in [-0.3, -0.25) is 0 Å². The van der Waals surface area contributed by atoms with Crippen LogP contribution in [-0.2, 0) is 4.74 Å². The molecule has 1 aliphatic heterocycles. The summed E-state index contributed by atoms with van der Waals surface area (Å²) < 4.78 is 5.02. The van der Waals surface area contributed by atoms with Gasteiger partial charge in [-0.25, -0.2) is 0 Å². The van der Waals surface area contributed by atoms with Crippen molar-refractivity contribution in [2.24, 2.45) is 0 Å². The number of aliphatic hydroxyl groups excluding tert-OH is 1. The van der Waals surface area contributed by atoms with Crippen LogP contribution in [0.1, 0.15) is 26.7 Å². The number of hydrogen-bond donors (Lipinski definition) is 2. The lowest BCUT2D eigenvalue weighted by atomic mass is 9.92. The van der Waals surface area contributed by atoms with Crippen LogP contribution < -0.4 is 0 Å². The minimum Gasteiger partial charge on any atom is -0.390 e. The predicted molar refractivity (Wildman–Crippen MR) is 36.4 cm³/mol. The lowest BCUT2D eigenvalue weighted by molar-refractivity contribution is -0.208. The van der Waals surface area contributed by atoms with Gasteiger partial charge >= 0.3 is 0 Å². The summed E-state index contributed by atoms with van der Waals surface area (Å²) in [6.07, 6.45) is 0.0824. The van der Waals surface area contributed by atoms with E-state index in [1.807, 2.05) is 6.92 Å². The van der Waals surface area contributed by atoms with Gasteiger partial charge in [0.1, 0.15) is 0 Å². The lowest BCUT2D eigenvalue weighted by Gasteiger charge is -2.35. The summed E-state index contributed by atoms with van der Waals surface area (Å²) in [5, 5.41) is 18.5. The van der Waals surface area contributed by atoms with Gasteiger partial charge in [-0.05, 0) is 13.8 Å². The van der Waals surface area contributed by atoms with E-state index in [1.165, 1.54) is 0 Å². The van der Waals surface area contributed by atoms with Crippen LogP contribution in [0.4, 0.5) is 0 Å². The molecule has 0 saturated carbocycles. The van der Waals surface area contributed by atoms with E-state index in [0.29, 0.717) is 12.8 Å². The number of rotatable bonds is 0. The average molecular weight is 146 g/mol. The average Bonchev–Trinajstić information content (AvgIpc) is 1.54. The number of hydrogen-bond acceptors (Lipinski definition) is 3. The normalized spacial score (nSPS) is 49.2. The Bertz CT molecular complexity index is 110. The van der Waals surface area contributed by atoms with E-state index < -0.39 is 11.9 Å². The highest BCUT2D eigenvalue weighted by Crippen LogP contribution is 2.26. The van der Waals surface area contributed by atoms with Gasteiger partial charge < -0.3 is 14.9 Å². The predicted octanol–water partition coefficient (Wildman–Crippen LogP) is 0.255. The van der Waals surface area contributed by atoms with Crippen LogP contribution in [0.3, 0.4) is 0 Å². The first-order valence-corrected chi connectivity index (χ1v) is 3.55. The topological polar surface area (TPSA) is 49.7 Å². The third-order valence-electron chi connectivity index (χ3n) is 1.73. The lowest BCUT2D eigenvalue weighted by Crippen LogP contribution is -2.41. The molecule has 2 N–H and O–H groups in total. The van der Waals surface area contributed by atoms with Gasteiger partial charge in [-0.1, -0.05) is 0 Å². The van der Waals surface area contributed by atoms with E-state index in [1.54, 1.807) is 6.92 Å². The maximum Gasteiger partial charge on any atom is 0.157 e. The minimum absolute atomic E-state index is 0.0428. The van der Waals surface area contributed by atoms with Gasteiger partial charge in [0, 0.05) is 12.8 Å². The monoisotopic (exact) mass is 146 g/mol. The number of aliphatic hydroxyl groups is 2. The second kappa shape index (κ2) is 2.49. The molecule has 1 aliphatic rings. The van der Waals surface area contributed by atoms with Crippen LogP contribution in [0.5, 0.6) is 0 Å². The highest BCUT2D eigenvalue weighted by molar-refractivity contribution is 4.80. The molecule has 0 bridgehead atoms. The fourth-order valence-electron chi connectivity index (χ4n) is 1.44. The molecule has 0 aromatic rings. The Labute approximate surface area is 60.6 Å². The highest BCUT2D eigenvalue weighted by Gasteiger charge is 2.33. The highest BCUT2D eigenvalue weighted by atomic mass is 16.6. The molecule has 3 atom stereocenters. The van der Waals surface area contributed by atoms with E-state index in [-0.39, 0.29) is 6.10 Å². The zero-order chi connectivity index (χ0) is 7.78. The van der Waals surface area contributed by atoms with Crippen molar-refractivity contribution in [1.29, 1.82) is 0 Å².